The Hall–Kier alpha value is -9.95. The van der Waals surface area contributed by atoms with Crippen molar-refractivity contribution in [1.29, 1.82) is 0 Å². The number of pyridine rings is 6. The number of aromatic amines is 2. The second-order valence-corrected chi connectivity index (χ2v) is 22.6. The third-order valence-corrected chi connectivity index (χ3v) is 14.6. The lowest BCUT2D eigenvalue weighted by Crippen LogP contribution is -2.33. The third kappa shape index (κ3) is 19.5. The van der Waals surface area contributed by atoms with E-state index in [1.807, 2.05) is 48.5 Å². The first-order valence-electron chi connectivity index (χ1n) is 27.1. The van der Waals surface area contributed by atoms with Gasteiger partial charge in [0.15, 0.2) is 34.6 Å². The Balaban J connectivity index is 0.000000170. The Labute approximate surface area is 553 Å². The maximum atomic E-state index is 13.5. The van der Waals surface area contributed by atoms with Gasteiger partial charge >= 0.3 is 18.5 Å². The number of hydrazine groups is 1. The summed E-state index contributed by atoms with van der Waals surface area (Å²) in [6, 6.07) is 40.7. The standard InChI is InChI=1S/C26H19F2N5O3.C20H17BF2N2O4.C6H4BrN3O.C5H3BrClN.C5H6BrN3/c27-21-8-6-17(12-22(21)28)14-32-10-2-5-20(25(32)35)24(34)29-13-16-3-1-4-18(11-16)19-7-9-23-30-31-26(36)33(23)15-19;22-17-7-6-14(10-18(17)23)12-25-8-2-5-16(20(25)27)19(26)24-11-13-3-1-4-15(9-13)21(28)29;7-4-1-2-5-8-9-6(11)10(5)3-4;6-4-1-2-5(7)8-3-4;6-4-1-2-5(9-7)8-3-4/h1-12,15H,13-14H2,(H,29,34)(H,31,36);1-10,28-29H,11-12H2,(H,24,26);1-3H,(H,9,11);1-3H;1-3H,7H2,(H,8,9). The molecule has 22 nitrogen and oxygen atoms in total. The molecule has 0 unspecified atom stereocenters. The Kier molecular flexibility index (Phi) is 24.4. The molecule has 0 fully saturated rings. The van der Waals surface area contributed by atoms with Gasteiger partial charge in [-0.2, -0.15) is 10.2 Å². The van der Waals surface area contributed by atoms with Crippen molar-refractivity contribution in [2.45, 2.75) is 26.2 Å². The molecule has 0 aliphatic heterocycles. The summed E-state index contributed by atoms with van der Waals surface area (Å²) >= 11 is 15.2. The lowest BCUT2D eigenvalue weighted by molar-refractivity contribution is 0.0940. The molecule has 4 aromatic carbocycles. The molecule has 9 N–H and O–H groups in total. The highest BCUT2D eigenvalue weighted by molar-refractivity contribution is 9.11. The number of H-pyrrole nitrogens is 2. The second kappa shape index (κ2) is 32.9. The molecule has 12 aromatic rings. The fraction of sp³-hybridized carbons (Fsp3) is 0.0645. The number of aromatic nitrogens is 10. The molecule has 0 saturated heterocycles. The summed E-state index contributed by atoms with van der Waals surface area (Å²) < 4.78 is 61.2. The van der Waals surface area contributed by atoms with Gasteiger partial charge in [0.05, 0.1) is 13.1 Å². The molecule has 0 radical (unpaired) electrons. The molecule has 0 saturated carbocycles. The van der Waals surface area contributed by atoms with Gasteiger partial charge in [-0.1, -0.05) is 66.2 Å². The fourth-order valence-corrected chi connectivity index (χ4v) is 9.31. The van der Waals surface area contributed by atoms with Crippen LogP contribution in [0.1, 0.15) is 43.0 Å². The van der Waals surface area contributed by atoms with Crippen molar-refractivity contribution in [3.05, 3.63) is 312 Å². The summed E-state index contributed by atoms with van der Waals surface area (Å²) in [4.78, 5) is 81.1. The Morgan fingerprint density at radius 2 is 1.04 bits per heavy atom. The Morgan fingerprint density at radius 1 is 0.538 bits per heavy atom. The van der Waals surface area contributed by atoms with Gasteiger partial charge in [-0.15, -0.1) is 0 Å². The summed E-state index contributed by atoms with van der Waals surface area (Å²) in [6.07, 6.45) is 9.61. The third-order valence-electron chi connectivity index (χ3n) is 13.0. The van der Waals surface area contributed by atoms with E-state index in [4.69, 9.17) is 17.4 Å². The molecule has 8 aromatic heterocycles. The van der Waals surface area contributed by atoms with Crippen LogP contribution in [-0.4, -0.2) is 77.3 Å². The molecule has 8 heterocycles. The number of fused-ring (bicyclic) bond motifs is 2. The zero-order valence-corrected chi connectivity index (χ0v) is 53.4. The minimum atomic E-state index is -1.62. The number of anilines is 1. The zero-order valence-electron chi connectivity index (χ0n) is 47.9. The molecule has 0 spiro atoms. The van der Waals surface area contributed by atoms with E-state index in [1.54, 1.807) is 67.3 Å². The van der Waals surface area contributed by atoms with E-state index in [0.29, 0.717) is 39.0 Å². The molecule has 0 aliphatic carbocycles. The summed E-state index contributed by atoms with van der Waals surface area (Å²) in [5.41, 5.74) is 5.79. The number of carbonyl (C=O) groups excluding carboxylic acids is 2. The molecule has 0 bridgehead atoms. The average molecular weight is 1480 g/mol. The molecule has 31 heteroatoms. The first-order valence-corrected chi connectivity index (χ1v) is 29.9. The van der Waals surface area contributed by atoms with Gasteiger partial charge in [-0.25, -0.2) is 62.0 Å². The minimum Gasteiger partial charge on any atom is -0.423 e. The van der Waals surface area contributed by atoms with Gasteiger partial charge in [-0.3, -0.25) is 19.2 Å². The normalized spacial score (nSPS) is 10.5. The largest absolute Gasteiger partial charge is 0.488 e. The van der Waals surface area contributed by atoms with Crippen molar-refractivity contribution >= 4 is 101 Å². The number of hydrogen-bond acceptors (Lipinski definition) is 14. The average Bonchev–Trinajstić information content (AvgIpc) is 1.86. The van der Waals surface area contributed by atoms with E-state index < -0.39 is 53.3 Å². The summed E-state index contributed by atoms with van der Waals surface area (Å²) in [5.74, 6) is 0.599. The van der Waals surface area contributed by atoms with Crippen LogP contribution in [0.2, 0.25) is 5.15 Å². The van der Waals surface area contributed by atoms with Crippen LogP contribution in [0.15, 0.2) is 228 Å². The van der Waals surface area contributed by atoms with Gasteiger partial charge in [0.25, 0.3) is 22.9 Å². The first kappa shape index (κ1) is 69.0. The highest BCUT2D eigenvalue weighted by Crippen LogP contribution is 2.21. The van der Waals surface area contributed by atoms with Gasteiger partial charge in [0.2, 0.25) is 0 Å². The van der Waals surface area contributed by atoms with E-state index >= 15 is 0 Å². The topological polar surface area (TPSA) is 307 Å². The zero-order chi connectivity index (χ0) is 66.7. The number of benzene rings is 4. The fourth-order valence-electron chi connectivity index (χ4n) is 8.39. The van der Waals surface area contributed by atoms with Crippen LogP contribution >= 0.6 is 59.4 Å². The van der Waals surface area contributed by atoms with Crippen LogP contribution in [-0.2, 0) is 26.2 Å². The van der Waals surface area contributed by atoms with Crippen LogP contribution in [0.4, 0.5) is 23.4 Å². The predicted octanol–water partition coefficient (Wildman–Crippen LogP) is 8.30. The number of nitrogens with zero attached hydrogens (tertiary/aromatic N) is 8. The monoisotopic (exact) mass is 1480 g/mol. The van der Waals surface area contributed by atoms with Crippen molar-refractivity contribution in [3.63, 3.8) is 0 Å². The number of nitrogens with one attached hydrogen (secondary N) is 5. The van der Waals surface area contributed by atoms with Crippen LogP contribution in [0, 0.1) is 23.3 Å². The smallest absolute Gasteiger partial charge is 0.423 e. The van der Waals surface area contributed by atoms with Crippen molar-refractivity contribution < 1.29 is 37.2 Å². The molecule has 0 aliphatic rings. The van der Waals surface area contributed by atoms with Crippen molar-refractivity contribution in [1.82, 2.24) is 58.9 Å². The van der Waals surface area contributed by atoms with E-state index in [9.17, 15) is 56.4 Å². The lowest BCUT2D eigenvalue weighted by atomic mass is 9.79. The van der Waals surface area contributed by atoms with Crippen molar-refractivity contribution in [2.75, 3.05) is 5.43 Å². The Bertz CT molecular complexity index is 4830. The molecule has 2 amide bonds. The van der Waals surface area contributed by atoms with Crippen molar-refractivity contribution in [2.24, 2.45) is 5.84 Å². The first-order chi connectivity index (χ1) is 44.6. The highest BCUT2D eigenvalue weighted by Gasteiger charge is 2.17. The molecule has 474 valence electrons. The van der Waals surface area contributed by atoms with E-state index in [1.165, 1.54) is 72.8 Å². The van der Waals surface area contributed by atoms with Gasteiger partial charge < -0.3 is 35.2 Å². The van der Waals surface area contributed by atoms with Gasteiger partial charge in [0, 0.05) is 63.7 Å². The Morgan fingerprint density at radius 3 is 1.54 bits per heavy atom. The molecule has 93 heavy (non-hydrogen) atoms. The molecule has 0 atom stereocenters. The SMILES string of the molecule is Clc1ccc(Br)cn1.NNc1ccc(Br)cn1.O=C(NCc1cccc(-c2ccc3n[nH]c(=O)n3c2)c1)c1cccn(Cc2ccc(F)c(F)c2)c1=O.O=C(NCc1cccc(B(O)O)c1)c1cccn(Cc2ccc(F)c(F)c2)c1=O.O=c1[nH]nc2ccc(Br)cn12. The quantitative estimate of drug-likeness (QED) is 0.0177. The van der Waals surface area contributed by atoms with Gasteiger partial charge in [-0.05, 0) is 190 Å². The number of nitrogen functional groups attached to an aromatic ring is 1. The molecular weight excluding hydrogens is 1430 g/mol. The lowest BCUT2D eigenvalue weighted by Gasteiger charge is -2.10. The predicted molar refractivity (Wildman–Crippen MR) is 352 cm³/mol. The summed E-state index contributed by atoms with van der Waals surface area (Å²) in [5, 5.41) is 36.7. The van der Waals surface area contributed by atoms with E-state index in [2.05, 4.69) is 94.2 Å². The highest BCUT2D eigenvalue weighted by atomic mass is 79.9. The van der Waals surface area contributed by atoms with Crippen molar-refractivity contribution in [3.8, 4) is 11.1 Å². The number of hydrogen-bond donors (Lipinski definition) is 8. The number of amides is 2. The summed E-state index contributed by atoms with van der Waals surface area (Å²) in [7, 11) is -1.62. The van der Waals surface area contributed by atoms with Crippen LogP contribution < -0.4 is 49.9 Å². The number of nitrogens with two attached hydrogens (primary N) is 1. The van der Waals surface area contributed by atoms with Crippen LogP contribution in [0.5, 0.6) is 0 Å². The minimum absolute atomic E-state index is 0.0106. The molecular formula is C62H49BBr3ClF4N14O8. The maximum absolute atomic E-state index is 13.5. The number of rotatable bonds is 13. The van der Waals surface area contributed by atoms with E-state index in [-0.39, 0.29) is 54.1 Å². The molecule has 12 rings (SSSR count). The second-order valence-electron chi connectivity index (χ2n) is 19.5. The van der Waals surface area contributed by atoms with E-state index in [0.717, 1.165) is 54.4 Å². The maximum Gasteiger partial charge on any atom is 0.488 e. The number of halogens is 8. The van der Waals surface area contributed by atoms with Crippen LogP contribution in [0.3, 0.4) is 0 Å². The van der Waals surface area contributed by atoms with Crippen LogP contribution in [0.25, 0.3) is 22.4 Å². The van der Waals surface area contributed by atoms with Gasteiger partial charge in [0.1, 0.15) is 22.1 Å². The number of carbonyl (C=O) groups is 2. The summed E-state index contributed by atoms with van der Waals surface area (Å²) in [6.45, 7) is 0.214.